The van der Waals surface area contributed by atoms with Crippen molar-refractivity contribution in [1.82, 2.24) is 0 Å². The van der Waals surface area contributed by atoms with Gasteiger partial charge in [0, 0.05) is 6.42 Å². The maximum Gasteiger partial charge on any atom is 0.338 e. The van der Waals surface area contributed by atoms with Gasteiger partial charge in [-0.15, -0.1) is 0 Å². The van der Waals surface area contributed by atoms with E-state index in [0.29, 0.717) is 31.8 Å². The third kappa shape index (κ3) is 7.34. The molecule has 0 aliphatic carbocycles. The van der Waals surface area contributed by atoms with E-state index in [1.54, 1.807) is 24.3 Å². The molecule has 0 N–H and O–H groups in total. The van der Waals surface area contributed by atoms with Crippen molar-refractivity contribution in [2.24, 2.45) is 0 Å². The molecule has 1 fully saturated rings. The molecule has 1 aliphatic heterocycles. The van der Waals surface area contributed by atoms with E-state index in [1.807, 2.05) is 57.2 Å². The van der Waals surface area contributed by atoms with Gasteiger partial charge in [0.15, 0.2) is 12.4 Å². The predicted octanol–water partition coefficient (Wildman–Crippen LogP) is 5.25. The molecule has 7 nitrogen and oxygen atoms in total. The van der Waals surface area contributed by atoms with Gasteiger partial charge in [-0.1, -0.05) is 48.5 Å². The first-order valence-electron chi connectivity index (χ1n) is 10.9. The molecule has 8 heteroatoms. The van der Waals surface area contributed by atoms with Gasteiger partial charge in [-0.05, 0) is 38.5 Å². The lowest BCUT2D eigenvalue weighted by Crippen LogP contribution is -2.50. The molecule has 1 unspecified atom stereocenters. The summed E-state index contributed by atoms with van der Waals surface area (Å²) in [6.07, 6.45) is -1.67. The van der Waals surface area contributed by atoms with Crippen molar-refractivity contribution in [1.29, 1.82) is 0 Å². The molecule has 174 valence electrons. The number of esters is 1. The summed E-state index contributed by atoms with van der Waals surface area (Å²) in [5.74, 6) is -0.412. The summed E-state index contributed by atoms with van der Waals surface area (Å²) in [5.41, 5.74) is 1.51. The monoisotopic (exact) mass is 462 g/mol. The first kappa shape index (κ1) is 24.8. The van der Waals surface area contributed by atoms with Gasteiger partial charge < -0.3 is 23.3 Å². The minimum absolute atomic E-state index is 0.378. The topological polar surface area (TPSA) is 72.5 Å². The summed E-state index contributed by atoms with van der Waals surface area (Å²) in [4.78, 5) is 12.7. The van der Waals surface area contributed by atoms with Gasteiger partial charge in [-0.3, -0.25) is 4.52 Å². The summed E-state index contributed by atoms with van der Waals surface area (Å²) in [6.45, 7) is 6.94. The minimum Gasteiger partial charge on any atom is -0.453 e. The van der Waals surface area contributed by atoms with Crippen molar-refractivity contribution < 1.29 is 32.6 Å². The molecule has 2 aromatic carbocycles. The molecule has 1 aliphatic rings. The summed E-state index contributed by atoms with van der Waals surface area (Å²) in [6, 6.07) is 18.8. The predicted molar refractivity (Wildman–Crippen MR) is 121 cm³/mol. The Kier molecular flexibility index (Phi) is 10.1. The van der Waals surface area contributed by atoms with Crippen molar-refractivity contribution >= 4 is 14.6 Å². The summed E-state index contributed by atoms with van der Waals surface area (Å²) >= 11 is 0. The van der Waals surface area contributed by atoms with E-state index < -0.39 is 39.2 Å². The highest BCUT2D eigenvalue weighted by atomic mass is 31.2. The first-order valence-corrected chi connectivity index (χ1v) is 12.0. The quantitative estimate of drug-likeness (QED) is 0.334. The maximum atomic E-state index is 12.7. The molecule has 32 heavy (non-hydrogen) atoms. The Labute approximate surface area is 190 Å². The average Bonchev–Trinajstić information content (AvgIpc) is 2.81. The molecular weight excluding hydrogens is 431 g/mol. The molecule has 0 amide bonds. The van der Waals surface area contributed by atoms with Crippen LogP contribution in [0.25, 0.3) is 0 Å². The largest absolute Gasteiger partial charge is 0.453 e. The van der Waals surface area contributed by atoms with Crippen LogP contribution in [-0.2, 0) is 34.4 Å². The summed E-state index contributed by atoms with van der Waals surface area (Å²) in [7, 11) is -1.53. The molecule has 4 atom stereocenters. The van der Waals surface area contributed by atoms with Crippen LogP contribution in [-0.4, -0.2) is 43.8 Å². The van der Waals surface area contributed by atoms with E-state index in [0.717, 1.165) is 5.56 Å². The summed E-state index contributed by atoms with van der Waals surface area (Å²) < 4.78 is 35.1. The molecule has 0 spiro atoms. The lowest BCUT2D eigenvalue weighted by molar-refractivity contribution is -0.231. The molecule has 0 radical (unpaired) electrons. The van der Waals surface area contributed by atoms with Crippen LogP contribution < -0.4 is 0 Å². The number of rotatable bonds is 11. The Bertz CT molecular complexity index is 799. The van der Waals surface area contributed by atoms with Crippen molar-refractivity contribution in [3.05, 3.63) is 71.8 Å². The van der Waals surface area contributed by atoms with E-state index in [9.17, 15) is 4.79 Å². The SMILES string of the molecule is CCOP(OCC)OC1C[C@@H](OCc2ccccc2)[C@H](OC(=O)c2ccccc2)[C@@H](C)O1. The molecule has 3 rings (SSSR count). The van der Waals surface area contributed by atoms with Gasteiger partial charge in [0.05, 0.1) is 31.5 Å². The number of benzene rings is 2. The van der Waals surface area contributed by atoms with Crippen molar-refractivity contribution in [2.45, 2.75) is 58.4 Å². The number of ether oxygens (including phenoxy) is 3. The molecule has 1 saturated heterocycles. The zero-order valence-electron chi connectivity index (χ0n) is 18.7. The highest BCUT2D eigenvalue weighted by molar-refractivity contribution is 7.41. The van der Waals surface area contributed by atoms with Gasteiger partial charge in [0.25, 0.3) is 0 Å². The molecule has 0 saturated carbocycles. The highest BCUT2D eigenvalue weighted by Crippen LogP contribution is 2.43. The maximum absolute atomic E-state index is 12.7. The van der Waals surface area contributed by atoms with Gasteiger partial charge >= 0.3 is 14.6 Å². The Balaban J connectivity index is 1.71. The Morgan fingerprint density at radius 2 is 1.62 bits per heavy atom. The van der Waals surface area contributed by atoms with Gasteiger partial charge in [0.1, 0.15) is 6.10 Å². The molecule has 0 aromatic heterocycles. The normalized spacial score (nSPS) is 23.2. The van der Waals surface area contributed by atoms with Crippen LogP contribution in [0, 0.1) is 0 Å². The van der Waals surface area contributed by atoms with Crippen molar-refractivity contribution in [3.63, 3.8) is 0 Å². The summed E-state index contributed by atoms with van der Waals surface area (Å²) in [5, 5.41) is 0. The number of carbonyl (C=O) groups is 1. The van der Waals surface area contributed by atoms with Gasteiger partial charge in [-0.2, -0.15) is 0 Å². The number of hydrogen-bond donors (Lipinski definition) is 0. The number of carbonyl (C=O) groups excluding carboxylic acids is 1. The molecule has 2 aromatic rings. The smallest absolute Gasteiger partial charge is 0.338 e. The van der Waals surface area contributed by atoms with E-state index in [2.05, 4.69) is 0 Å². The third-order valence-electron chi connectivity index (χ3n) is 4.85. The van der Waals surface area contributed by atoms with E-state index in [4.69, 9.17) is 27.8 Å². The van der Waals surface area contributed by atoms with Crippen LogP contribution in [0.4, 0.5) is 0 Å². The Morgan fingerprint density at radius 3 is 2.25 bits per heavy atom. The lowest BCUT2D eigenvalue weighted by atomic mass is 10.0. The van der Waals surface area contributed by atoms with E-state index >= 15 is 0 Å². The van der Waals surface area contributed by atoms with Crippen LogP contribution in [0.15, 0.2) is 60.7 Å². The second-order valence-electron chi connectivity index (χ2n) is 7.24. The van der Waals surface area contributed by atoms with Crippen LogP contribution in [0.1, 0.15) is 43.1 Å². The van der Waals surface area contributed by atoms with Gasteiger partial charge in [-0.25, -0.2) is 4.79 Å². The fourth-order valence-corrected chi connectivity index (χ4v) is 4.29. The van der Waals surface area contributed by atoms with Gasteiger partial charge in [0.2, 0.25) is 0 Å². The highest BCUT2D eigenvalue weighted by Gasteiger charge is 2.41. The second kappa shape index (κ2) is 13.0. The number of hydrogen-bond acceptors (Lipinski definition) is 7. The standard InChI is InChI=1S/C24H31O7P/c1-4-27-32(28-5-2)31-22-16-21(26-17-19-12-8-6-9-13-19)23(18(3)29-22)30-24(25)20-14-10-7-11-15-20/h6-15,18,21-23H,4-5,16-17H2,1-3H3/t18-,21-,22?,23-/m1/s1. The fraction of sp³-hybridized carbons (Fsp3) is 0.458. The van der Waals surface area contributed by atoms with E-state index in [-0.39, 0.29) is 0 Å². The molecule has 0 bridgehead atoms. The van der Waals surface area contributed by atoms with Crippen LogP contribution in [0.5, 0.6) is 0 Å². The fourth-order valence-electron chi connectivity index (χ4n) is 3.35. The zero-order chi connectivity index (χ0) is 22.8. The van der Waals surface area contributed by atoms with E-state index in [1.165, 1.54) is 0 Å². The average molecular weight is 462 g/mol. The zero-order valence-corrected chi connectivity index (χ0v) is 19.6. The minimum atomic E-state index is -1.53. The Morgan fingerprint density at radius 1 is 1.00 bits per heavy atom. The third-order valence-corrected chi connectivity index (χ3v) is 6.20. The van der Waals surface area contributed by atoms with Crippen molar-refractivity contribution in [2.75, 3.05) is 13.2 Å². The van der Waals surface area contributed by atoms with Crippen LogP contribution >= 0.6 is 8.60 Å². The second-order valence-corrected chi connectivity index (χ2v) is 8.42. The molecule has 1 heterocycles. The lowest BCUT2D eigenvalue weighted by Gasteiger charge is -2.39. The Hall–Kier alpha value is -1.86. The first-order chi connectivity index (χ1) is 15.6. The van der Waals surface area contributed by atoms with Crippen LogP contribution in [0.3, 0.4) is 0 Å². The van der Waals surface area contributed by atoms with Crippen LogP contribution in [0.2, 0.25) is 0 Å². The molecular formula is C24H31O7P. The van der Waals surface area contributed by atoms with Crippen molar-refractivity contribution in [3.8, 4) is 0 Å².